The number of likely N-dealkylation sites (N-methyl/N-ethyl adjacent to an activating group) is 1. The Morgan fingerprint density at radius 2 is 1.82 bits per heavy atom. The molecule has 0 aliphatic carbocycles. The minimum absolute atomic E-state index is 0.00688. The molecular formula is C20H27Cl2N3O3. The van der Waals surface area contributed by atoms with Crippen molar-refractivity contribution < 1.29 is 14.3 Å². The van der Waals surface area contributed by atoms with Gasteiger partial charge < -0.3 is 14.5 Å². The fourth-order valence-electron chi connectivity index (χ4n) is 3.61. The number of rotatable bonds is 1. The number of nitrogens with zero attached hydrogens (tertiary/aromatic N) is 3. The molecule has 0 saturated carbocycles. The average molecular weight is 428 g/mol. The SMILES string of the molecule is CN1CCN(C(=O)OC(C)(C)C)CC1C(=O)N1CCc2cc(Cl)cc(Cl)c2C1. The third-order valence-corrected chi connectivity index (χ3v) is 5.70. The summed E-state index contributed by atoms with van der Waals surface area (Å²) in [5.41, 5.74) is 1.48. The molecule has 154 valence electrons. The molecule has 8 heteroatoms. The first-order chi connectivity index (χ1) is 13.0. The molecule has 1 atom stereocenters. The number of hydrogen-bond acceptors (Lipinski definition) is 4. The maximum atomic E-state index is 13.2. The van der Waals surface area contributed by atoms with Crippen molar-refractivity contribution >= 4 is 35.2 Å². The number of benzene rings is 1. The van der Waals surface area contributed by atoms with Crippen molar-refractivity contribution in [1.82, 2.24) is 14.7 Å². The summed E-state index contributed by atoms with van der Waals surface area (Å²) in [4.78, 5) is 31.1. The fraction of sp³-hybridized carbons (Fsp3) is 0.600. The van der Waals surface area contributed by atoms with Crippen LogP contribution in [0.1, 0.15) is 31.9 Å². The van der Waals surface area contributed by atoms with Gasteiger partial charge in [-0.2, -0.15) is 0 Å². The number of amides is 2. The van der Waals surface area contributed by atoms with Crippen LogP contribution in [0.5, 0.6) is 0 Å². The highest BCUT2D eigenvalue weighted by atomic mass is 35.5. The van der Waals surface area contributed by atoms with Crippen molar-refractivity contribution in [2.24, 2.45) is 0 Å². The van der Waals surface area contributed by atoms with Crippen molar-refractivity contribution in [1.29, 1.82) is 0 Å². The van der Waals surface area contributed by atoms with Crippen LogP contribution in [0.4, 0.5) is 4.79 Å². The molecular weight excluding hydrogens is 401 g/mol. The highest BCUT2D eigenvalue weighted by Gasteiger charge is 2.37. The summed E-state index contributed by atoms with van der Waals surface area (Å²) in [5, 5.41) is 1.20. The molecule has 1 aromatic rings. The van der Waals surface area contributed by atoms with Gasteiger partial charge in [-0.05, 0) is 57.5 Å². The zero-order chi connectivity index (χ0) is 20.6. The number of halogens is 2. The number of fused-ring (bicyclic) bond motifs is 1. The van der Waals surface area contributed by atoms with Crippen LogP contribution < -0.4 is 0 Å². The first-order valence-electron chi connectivity index (χ1n) is 9.49. The largest absolute Gasteiger partial charge is 0.444 e. The maximum Gasteiger partial charge on any atom is 0.410 e. The van der Waals surface area contributed by atoms with E-state index in [4.69, 9.17) is 27.9 Å². The third kappa shape index (κ3) is 4.73. The number of piperazine rings is 1. The van der Waals surface area contributed by atoms with Gasteiger partial charge in [0.15, 0.2) is 0 Å². The van der Waals surface area contributed by atoms with E-state index < -0.39 is 11.6 Å². The second-order valence-electron chi connectivity index (χ2n) is 8.46. The highest BCUT2D eigenvalue weighted by molar-refractivity contribution is 6.35. The lowest BCUT2D eigenvalue weighted by Gasteiger charge is -2.41. The molecule has 2 amide bonds. The second-order valence-corrected chi connectivity index (χ2v) is 9.30. The van der Waals surface area contributed by atoms with Gasteiger partial charge in [-0.25, -0.2) is 4.79 Å². The van der Waals surface area contributed by atoms with E-state index in [0.29, 0.717) is 49.2 Å². The summed E-state index contributed by atoms with van der Waals surface area (Å²) in [6.07, 6.45) is 0.341. The molecule has 0 radical (unpaired) electrons. The lowest BCUT2D eigenvalue weighted by Crippen LogP contribution is -2.60. The standard InChI is InChI=1S/C20H27Cl2N3O3/c1-20(2,3)28-19(27)25-8-7-23(4)17(12-25)18(26)24-6-5-13-9-14(21)10-16(22)15(13)11-24/h9-10,17H,5-8,11-12H2,1-4H3. The summed E-state index contributed by atoms with van der Waals surface area (Å²) in [6, 6.07) is 3.24. The van der Waals surface area contributed by atoms with Gasteiger partial charge in [-0.15, -0.1) is 0 Å². The van der Waals surface area contributed by atoms with Gasteiger partial charge in [-0.1, -0.05) is 23.2 Å². The monoisotopic (exact) mass is 427 g/mol. The third-order valence-electron chi connectivity index (χ3n) is 5.15. The molecule has 0 bridgehead atoms. The lowest BCUT2D eigenvalue weighted by molar-refractivity contribution is -0.139. The second kappa shape index (κ2) is 8.09. The smallest absolute Gasteiger partial charge is 0.410 e. The zero-order valence-corrected chi connectivity index (χ0v) is 18.3. The summed E-state index contributed by atoms with van der Waals surface area (Å²) < 4.78 is 5.47. The van der Waals surface area contributed by atoms with Gasteiger partial charge in [-0.3, -0.25) is 9.69 Å². The predicted octanol–water partition coefficient (Wildman–Crippen LogP) is 3.43. The maximum absolute atomic E-state index is 13.2. The molecule has 0 N–H and O–H groups in total. The Morgan fingerprint density at radius 3 is 2.50 bits per heavy atom. The summed E-state index contributed by atoms with van der Waals surface area (Å²) in [7, 11) is 1.92. The van der Waals surface area contributed by atoms with E-state index in [0.717, 1.165) is 11.1 Å². The van der Waals surface area contributed by atoms with Gasteiger partial charge in [0.25, 0.3) is 0 Å². The van der Waals surface area contributed by atoms with E-state index in [9.17, 15) is 9.59 Å². The topological polar surface area (TPSA) is 53.1 Å². The van der Waals surface area contributed by atoms with Crippen LogP contribution in [0.3, 0.4) is 0 Å². The quantitative estimate of drug-likeness (QED) is 0.688. The van der Waals surface area contributed by atoms with E-state index in [1.165, 1.54) is 0 Å². The van der Waals surface area contributed by atoms with Crippen LogP contribution >= 0.6 is 23.2 Å². The number of carbonyl (C=O) groups excluding carboxylic acids is 2. The van der Waals surface area contributed by atoms with Crippen LogP contribution in [0.25, 0.3) is 0 Å². The minimum Gasteiger partial charge on any atom is -0.444 e. The van der Waals surface area contributed by atoms with E-state index in [1.807, 2.05) is 43.7 Å². The Labute approximate surface area is 176 Å². The fourth-order valence-corrected chi connectivity index (χ4v) is 4.21. The number of hydrogen-bond donors (Lipinski definition) is 0. The molecule has 1 aromatic carbocycles. The number of carbonyl (C=O) groups is 2. The molecule has 6 nitrogen and oxygen atoms in total. The Balaban J connectivity index is 1.71. The molecule has 28 heavy (non-hydrogen) atoms. The van der Waals surface area contributed by atoms with E-state index in [-0.39, 0.29) is 12.0 Å². The minimum atomic E-state index is -0.561. The van der Waals surface area contributed by atoms with Gasteiger partial charge >= 0.3 is 6.09 Å². The highest BCUT2D eigenvalue weighted by Crippen LogP contribution is 2.30. The molecule has 2 aliphatic rings. The lowest BCUT2D eigenvalue weighted by atomic mass is 9.98. The van der Waals surface area contributed by atoms with Crippen LogP contribution in [0.15, 0.2) is 12.1 Å². The Hall–Kier alpha value is -1.50. The van der Waals surface area contributed by atoms with Crippen LogP contribution in [0.2, 0.25) is 10.0 Å². The Morgan fingerprint density at radius 1 is 1.11 bits per heavy atom. The summed E-state index contributed by atoms with van der Waals surface area (Å²) >= 11 is 12.4. The average Bonchev–Trinajstić information content (AvgIpc) is 2.59. The van der Waals surface area contributed by atoms with E-state index in [2.05, 4.69) is 0 Å². The van der Waals surface area contributed by atoms with Gasteiger partial charge in [0.05, 0.1) is 0 Å². The molecule has 1 unspecified atom stereocenters. The van der Waals surface area contributed by atoms with Crippen molar-refractivity contribution in [3.05, 3.63) is 33.3 Å². The normalized spacial score (nSPS) is 20.7. The first kappa shape index (κ1) is 21.2. The van der Waals surface area contributed by atoms with Crippen molar-refractivity contribution in [3.63, 3.8) is 0 Å². The van der Waals surface area contributed by atoms with Crippen molar-refractivity contribution in [3.8, 4) is 0 Å². The van der Waals surface area contributed by atoms with E-state index >= 15 is 0 Å². The van der Waals surface area contributed by atoms with Crippen LogP contribution in [-0.4, -0.2) is 71.6 Å². The molecule has 2 aliphatic heterocycles. The van der Waals surface area contributed by atoms with Gasteiger partial charge in [0.2, 0.25) is 5.91 Å². The molecule has 1 saturated heterocycles. The molecule has 2 heterocycles. The molecule has 0 spiro atoms. The molecule has 0 aromatic heterocycles. The van der Waals surface area contributed by atoms with Crippen LogP contribution in [0, 0.1) is 0 Å². The number of ether oxygens (including phenoxy) is 1. The Kier molecular flexibility index (Phi) is 6.13. The first-order valence-corrected chi connectivity index (χ1v) is 10.2. The molecule has 1 fully saturated rings. The summed E-state index contributed by atoms with van der Waals surface area (Å²) in [5.74, 6) is 0.00688. The summed E-state index contributed by atoms with van der Waals surface area (Å²) in [6.45, 7) is 8.07. The molecule has 3 rings (SSSR count). The Bertz CT molecular complexity index is 779. The van der Waals surface area contributed by atoms with E-state index in [1.54, 1.807) is 11.0 Å². The van der Waals surface area contributed by atoms with Gasteiger partial charge in [0.1, 0.15) is 11.6 Å². The van der Waals surface area contributed by atoms with Crippen molar-refractivity contribution in [2.75, 3.05) is 33.2 Å². The van der Waals surface area contributed by atoms with Crippen molar-refractivity contribution in [2.45, 2.75) is 45.4 Å². The zero-order valence-electron chi connectivity index (χ0n) is 16.8. The predicted molar refractivity (Wildman–Crippen MR) is 110 cm³/mol. The van der Waals surface area contributed by atoms with Crippen LogP contribution in [-0.2, 0) is 22.5 Å². The van der Waals surface area contributed by atoms with Gasteiger partial charge in [0, 0.05) is 42.8 Å².